The summed E-state index contributed by atoms with van der Waals surface area (Å²) in [5.74, 6) is -0.216. The third-order valence-electron chi connectivity index (χ3n) is 3.67. The van der Waals surface area contributed by atoms with Gasteiger partial charge in [-0.1, -0.05) is 12.1 Å². The summed E-state index contributed by atoms with van der Waals surface area (Å²) < 4.78 is 0. The van der Waals surface area contributed by atoms with E-state index in [-0.39, 0.29) is 5.91 Å². The van der Waals surface area contributed by atoms with E-state index >= 15 is 0 Å². The number of hydrogen-bond donors (Lipinski definition) is 2. The first kappa shape index (κ1) is 14.5. The average Bonchev–Trinajstić information content (AvgIpc) is 3.29. The molecule has 0 atom stereocenters. The Morgan fingerprint density at radius 2 is 2.17 bits per heavy atom. The van der Waals surface area contributed by atoms with Crippen molar-refractivity contribution in [3.63, 3.8) is 0 Å². The van der Waals surface area contributed by atoms with Gasteiger partial charge in [0, 0.05) is 30.5 Å². The molecule has 0 aliphatic heterocycles. The highest BCUT2D eigenvalue weighted by molar-refractivity contribution is 7.13. The summed E-state index contributed by atoms with van der Waals surface area (Å²) in [6.45, 7) is 0.412. The van der Waals surface area contributed by atoms with E-state index < -0.39 is 0 Å². The van der Waals surface area contributed by atoms with Crippen LogP contribution in [-0.2, 0) is 6.54 Å². The number of aromatic amines is 1. The van der Waals surface area contributed by atoms with Gasteiger partial charge in [-0.15, -0.1) is 11.3 Å². The van der Waals surface area contributed by atoms with Gasteiger partial charge < -0.3 is 5.32 Å². The van der Waals surface area contributed by atoms with Crippen LogP contribution in [0.3, 0.4) is 0 Å². The Balaban J connectivity index is 1.61. The Kier molecular flexibility index (Phi) is 3.76. The second kappa shape index (κ2) is 6.21. The fraction of sp³-hybridized carbons (Fsp3) is 0.0588. The van der Waals surface area contributed by atoms with Crippen molar-refractivity contribution in [1.29, 1.82) is 0 Å². The minimum Gasteiger partial charge on any atom is -0.346 e. The van der Waals surface area contributed by atoms with Gasteiger partial charge in [-0.3, -0.25) is 19.9 Å². The zero-order valence-corrected chi connectivity index (χ0v) is 13.4. The van der Waals surface area contributed by atoms with Crippen LogP contribution in [-0.4, -0.2) is 26.1 Å². The average molecular weight is 335 g/mol. The van der Waals surface area contributed by atoms with E-state index in [9.17, 15) is 4.79 Å². The van der Waals surface area contributed by atoms with E-state index in [1.807, 2.05) is 36.5 Å². The number of fused-ring (bicyclic) bond motifs is 1. The van der Waals surface area contributed by atoms with Crippen LogP contribution in [0.4, 0.5) is 0 Å². The maximum absolute atomic E-state index is 12.5. The van der Waals surface area contributed by atoms with Gasteiger partial charge in [0.2, 0.25) is 0 Å². The molecule has 24 heavy (non-hydrogen) atoms. The molecule has 0 spiro atoms. The van der Waals surface area contributed by atoms with Crippen LogP contribution in [0.2, 0.25) is 0 Å². The number of nitrogens with one attached hydrogen (secondary N) is 2. The number of benzene rings is 1. The van der Waals surface area contributed by atoms with Gasteiger partial charge in [-0.05, 0) is 29.3 Å². The number of carbonyl (C=O) groups is 1. The smallest absolute Gasteiger partial charge is 0.272 e. The maximum Gasteiger partial charge on any atom is 0.272 e. The molecule has 1 aromatic carbocycles. The molecule has 0 saturated heterocycles. The molecule has 0 fully saturated rings. The first-order valence-electron chi connectivity index (χ1n) is 7.35. The standard InChI is InChI=1S/C17H13N5OS/c23-17(20-8-11-2-1-5-18-7-11)16-13-6-12(15-9-19-10-24-15)3-4-14(13)21-22-16/h1-7,9-10H,8H2,(H,20,23)(H,21,22). The Labute approximate surface area is 141 Å². The molecule has 0 aliphatic rings. The predicted molar refractivity (Wildman–Crippen MR) is 92.6 cm³/mol. The lowest BCUT2D eigenvalue weighted by Gasteiger charge is -2.03. The number of rotatable bonds is 4. The maximum atomic E-state index is 12.5. The molecule has 7 heteroatoms. The Morgan fingerprint density at radius 3 is 2.96 bits per heavy atom. The fourth-order valence-electron chi connectivity index (χ4n) is 2.47. The molecule has 118 valence electrons. The molecular weight excluding hydrogens is 322 g/mol. The summed E-state index contributed by atoms with van der Waals surface area (Å²) in [6, 6.07) is 9.64. The second-order valence-corrected chi connectivity index (χ2v) is 6.13. The molecule has 4 aromatic rings. The monoisotopic (exact) mass is 335 g/mol. The van der Waals surface area contributed by atoms with Crippen LogP contribution in [0, 0.1) is 0 Å². The Bertz CT molecular complexity index is 979. The van der Waals surface area contributed by atoms with Crippen LogP contribution in [0.1, 0.15) is 16.1 Å². The largest absolute Gasteiger partial charge is 0.346 e. The van der Waals surface area contributed by atoms with Crippen LogP contribution >= 0.6 is 11.3 Å². The lowest BCUT2D eigenvalue weighted by Crippen LogP contribution is -2.23. The number of hydrogen-bond acceptors (Lipinski definition) is 5. The number of H-pyrrole nitrogens is 1. The van der Waals surface area contributed by atoms with E-state index in [0.717, 1.165) is 26.9 Å². The topological polar surface area (TPSA) is 83.6 Å². The molecule has 1 amide bonds. The van der Waals surface area contributed by atoms with Crippen molar-refractivity contribution in [2.45, 2.75) is 6.54 Å². The van der Waals surface area contributed by atoms with Gasteiger partial charge in [0.25, 0.3) is 5.91 Å². The third kappa shape index (κ3) is 2.77. The van der Waals surface area contributed by atoms with Gasteiger partial charge >= 0.3 is 0 Å². The molecule has 3 aromatic heterocycles. The third-order valence-corrected chi connectivity index (χ3v) is 4.49. The van der Waals surface area contributed by atoms with E-state index in [1.54, 1.807) is 29.2 Å². The highest BCUT2D eigenvalue weighted by atomic mass is 32.1. The molecule has 0 unspecified atom stereocenters. The van der Waals surface area contributed by atoms with Crippen LogP contribution < -0.4 is 5.32 Å². The molecule has 2 N–H and O–H groups in total. The van der Waals surface area contributed by atoms with Gasteiger partial charge in [-0.2, -0.15) is 5.10 Å². The first-order valence-corrected chi connectivity index (χ1v) is 8.23. The minimum absolute atomic E-state index is 0.216. The van der Waals surface area contributed by atoms with Crippen molar-refractivity contribution in [2.75, 3.05) is 0 Å². The minimum atomic E-state index is -0.216. The van der Waals surface area contributed by atoms with E-state index in [4.69, 9.17) is 0 Å². The summed E-state index contributed by atoms with van der Waals surface area (Å²) in [7, 11) is 0. The van der Waals surface area contributed by atoms with Crippen molar-refractivity contribution in [3.8, 4) is 10.4 Å². The normalized spacial score (nSPS) is 10.8. The number of carbonyl (C=O) groups excluding carboxylic acids is 1. The summed E-state index contributed by atoms with van der Waals surface area (Å²) >= 11 is 1.56. The van der Waals surface area contributed by atoms with Crippen molar-refractivity contribution in [1.82, 2.24) is 25.5 Å². The van der Waals surface area contributed by atoms with Crippen LogP contribution in [0.15, 0.2) is 54.4 Å². The van der Waals surface area contributed by atoms with Gasteiger partial charge in [0.15, 0.2) is 5.69 Å². The van der Waals surface area contributed by atoms with E-state index in [1.165, 1.54) is 0 Å². The summed E-state index contributed by atoms with van der Waals surface area (Å²) in [4.78, 5) is 21.7. The van der Waals surface area contributed by atoms with E-state index in [0.29, 0.717) is 12.2 Å². The molecular formula is C17H13N5OS. The number of amides is 1. The molecule has 0 radical (unpaired) electrons. The second-order valence-electron chi connectivity index (χ2n) is 5.24. The zero-order valence-electron chi connectivity index (χ0n) is 12.6. The first-order chi connectivity index (χ1) is 11.8. The van der Waals surface area contributed by atoms with E-state index in [2.05, 4.69) is 25.5 Å². The SMILES string of the molecule is O=C(NCc1cccnc1)c1n[nH]c2ccc(-c3cncs3)cc12. The van der Waals surface area contributed by atoms with Crippen LogP contribution in [0.5, 0.6) is 0 Å². The van der Waals surface area contributed by atoms with Crippen molar-refractivity contribution in [3.05, 3.63) is 65.7 Å². The van der Waals surface area contributed by atoms with Gasteiger partial charge in [0.05, 0.1) is 15.9 Å². The number of aromatic nitrogens is 4. The molecule has 6 nitrogen and oxygen atoms in total. The number of pyridine rings is 1. The molecule has 0 bridgehead atoms. The molecule has 0 aliphatic carbocycles. The summed E-state index contributed by atoms with van der Waals surface area (Å²) in [6.07, 6.45) is 5.24. The highest BCUT2D eigenvalue weighted by Crippen LogP contribution is 2.27. The number of thiazole rings is 1. The Hall–Kier alpha value is -3.06. The molecule has 4 rings (SSSR count). The van der Waals surface area contributed by atoms with Gasteiger partial charge in [-0.25, -0.2) is 0 Å². The zero-order chi connectivity index (χ0) is 16.4. The quantitative estimate of drug-likeness (QED) is 0.600. The van der Waals surface area contributed by atoms with Crippen molar-refractivity contribution < 1.29 is 4.79 Å². The number of nitrogens with zero attached hydrogens (tertiary/aromatic N) is 3. The van der Waals surface area contributed by atoms with Crippen molar-refractivity contribution >= 4 is 28.1 Å². The van der Waals surface area contributed by atoms with Crippen LogP contribution in [0.25, 0.3) is 21.3 Å². The summed E-state index contributed by atoms with van der Waals surface area (Å²) in [5, 5.41) is 10.7. The molecule has 3 heterocycles. The van der Waals surface area contributed by atoms with Crippen molar-refractivity contribution in [2.24, 2.45) is 0 Å². The lowest BCUT2D eigenvalue weighted by molar-refractivity contribution is 0.0947. The fourth-order valence-corrected chi connectivity index (χ4v) is 3.09. The summed E-state index contributed by atoms with van der Waals surface area (Å²) in [5.41, 5.74) is 4.97. The Morgan fingerprint density at radius 1 is 1.21 bits per heavy atom. The lowest BCUT2D eigenvalue weighted by atomic mass is 10.1. The highest BCUT2D eigenvalue weighted by Gasteiger charge is 2.15. The van der Waals surface area contributed by atoms with Gasteiger partial charge in [0.1, 0.15) is 0 Å². The molecule has 0 saturated carbocycles. The predicted octanol–water partition coefficient (Wildman–Crippen LogP) is 3.01.